The minimum absolute atomic E-state index is 0.133. The van der Waals surface area contributed by atoms with Crippen molar-refractivity contribution in [1.29, 1.82) is 5.26 Å². The molecule has 1 aromatic heterocycles. The van der Waals surface area contributed by atoms with Crippen molar-refractivity contribution < 1.29 is 4.39 Å². The number of hydrogen-bond acceptors (Lipinski definition) is 3. The Kier molecular flexibility index (Phi) is 4.33. The average Bonchev–Trinajstić information content (AvgIpc) is 2.62. The van der Waals surface area contributed by atoms with Crippen LogP contribution < -0.4 is 0 Å². The Bertz CT molecular complexity index is 838. The fraction of sp³-hybridized carbons (Fsp3) is 0.333. The lowest BCUT2D eigenvalue weighted by Crippen LogP contribution is -2.47. The number of piperidine rings is 1. The van der Waals surface area contributed by atoms with Crippen molar-refractivity contribution in [3.05, 3.63) is 71.3 Å². The fourth-order valence-corrected chi connectivity index (χ4v) is 4.07. The second kappa shape index (κ2) is 6.78. The first kappa shape index (κ1) is 16.0. The molecule has 2 bridgehead atoms. The van der Waals surface area contributed by atoms with Crippen molar-refractivity contribution in [3.8, 4) is 6.07 Å². The molecule has 2 unspecified atom stereocenters. The highest BCUT2D eigenvalue weighted by Crippen LogP contribution is 2.38. The lowest BCUT2D eigenvalue weighted by Gasteiger charge is -2.45. The smallest absolute Gasteiger partial charge is 0.176 e. The van der Waals surface area contributed by atoms with Crippen molar-refractivity contribution in [2.75, 3.05) is 0 Å². The highest BCUT2D eigenvalue weighted by atomic mass is 19.1. The lowest BCUT2D eigenvalue weighted by atomic mass is 9.83. The monoisotopic (exact) mass is 333 g/mol. The summed E-state index contributed by atoms with van der Waals surface area (Å²) in [6.07, 6.45) is 8.38. The molecule has 0 radical (unpaired) electrons. The van der Waals surface area contributed by atoms with Crippen LogP contribution in [0.4, 0.5) is 4.39 Å². The minimum atomic E-state index is -0.530. The maximum absolute atomic E-state index is 13.9. The number of pyridine rings is 1. The Hall–Kier alpha value is -2.51. The summed E-state index contributed by atoms with van der Waals surface area (Å²) in [7, 11) is 0. The van der Waals surface area contributed by atoms with Gasteiger partial charge in [-0.1, -0.05) is 42.8 Å². The molecule has 3 heterocycles. The summed E-state index contributed by atoms with van der Waals surface area (Å²) < 4.78 is 13.9. The number of fused-ring (bicyclic) bond motifs is 2. The zero-order chi connectivity index (χ0) is 17.2. The zero-order valence-electron chi connectivity index (χ0n) is 14.0. The Balaban J connectivity index is 1.61. The summed E-state index contributed by atoms with van der Waals surface area (Å²) in [4.78, 5) is 6.54. The van der Waals surface area contributed by atoms with Gasteiger partial charge in [-0.2, -0.15) is 5.26 Å². The SMILES string of the molecule is N#Cc1ncc(C2=CC3CCCC(C2)N3Cc2ccccc2)cc1F. The van der Waals surface area contributed by atoms with Crippen LogP contribution >= 0.6 is 0 Å². The average molecular weight is 333 g/mol. The standard InChI is InChI=1S/C21H20FN3/c22-20-11-17(13-24-21(20)12-23)16-9-18-7-4-8-19(10-16)25(18)14-15-5-2-1-3-6-15/h1-3,5-6,9,11,13,18-19H,4,7-8,10,14H2. The second-order valence-corrected chi connectivity index (χ2v) is 6.87. The Morgan fingerprint density at radius 2 is 2.08 bits per heavy atom. The topological polar surface area (TPSA) is 39.9 Å². The molecule has 0 saturated carbocycles. The molecule has 1 saturated heterocycles. The van der Waals surface area contributed by atoms with Gasteiger partial charge in [0.25, 0.3) is 0 Å². The van der Waals surface area contributed by atoms with E-state index in [2.05, 4.69) is 40.2 Å². The van der Waals surface area contributed by atoms with Gasteiger partial charge in [0, 0.05) is 24.8 Å². The first-order valence-corrected chi connectivity index (χ1v) is 8.81. The van der Waals surface area contributed by atoms with Crippen LogP contribution in [0.1, 0.15) is 42.5 Å². The Labute approximate surface area is 147 Å². The molecule has 4 rings (SSSR count). The molecule has 0 spiro atoms. The molecule has 3 nitrogen and oxygen atoms in total. The molecule has 2 atom stereocenters. The van der Waals surface area contributed by atoms with Gasteiger partial charge in [0.2, 0.25) is 0 Å². The molecule has 2 aromatic rings. The van der Waals surface area contributed by atoms with Crippen LogP contribution in [-0.2, 0) is 6.54 Å². The van der Waals surface area contributed by atoms with Gasteiger partial charge < -0.3 is 0 Å². The molecule has 0 amide bonds. The predicted molar refractivity (Wildman–Crippen MR) is 94.9 cm³/mol. The molecule has 126 valence electrons. The summed E-state index contributed by atoms with van der Waals surface area (Å²) in [5.74, 6) is -0.530. The van der Waals surface area contributed by atoms with Crippen LogP contribution in [0.25, 0.3) is 5.57 Å². The van der Waals surface area contributed by atoms with Gasteiger partial charge in [0.1, 0.15) is 6.07 Å². The molecule has 4 heteroatoms. The van der Waals surface area contributed by atoms with Gasteiger partial charge in [-0.3, -0.25) is 4.90 Å². The van der Waals surface area contributed by atoms with E-state index < -0.39 is 5.82 Å². The number of benzene rings is 1. The summed E-state index contributed by atoms with van der Waals surface area (Å²) in [5.41, 5.74) is 3.18. The van der Waals surface area contributed by atoms with Gasteiger partial charge >= 0.3 is 0 Å². The van der Waals surface area contributed by atoms with Crippen LogP contribution in [0.2, 0.25) is 0 Å². The van der Waals surface area contributed by atoms with E-state index in [0.29, 0.717) is 12.1 Å². The van der Waals surface area contributed by atoms with Crippen LogP contribution in [0, 0.1) is 17.1 Å². The molecule has 1 aromatic carbocycles. The summed E-state index contributed by atoms with van der Waals surface area (Å²) in [6, 6.07) is 14.7. The molecule has 0 N–H and O–H groups in total. The highest BCUT2D eigenvalue weighted by molar-refractivity contribution is 5.67. The summed E-state index contributed by atoms with van der Waals surface area (Å²) in [5, 5.41) is 8.85. The molecular weight excluding hydrogens is 313 g/mol. The summed E-state index contributed by atoms with van der Waals surface area (Å²) in [6.45, 7) is 0.958. The summed E-state index contributed by atoms with van der Waals surface area (Å²) >= 11 is 0. The molecule has 25 heavy (non-hydrogen) atoms. The number of rotatable bonds is 3. The van der Waals surface area contributed by atoms with Crippen molar-refractivity contribution in [3.63, 3.8) is 0 Å². The van der Waals surface area contributed by atoms with Crippen LogP contribution in [0.5, 0.6) is 0 Å². The number of nitrogens with zero attached hydrogens (tertiary/aromatic N) is 3. The third-order valence-corrected chi connectivity index (χ3v) is 5.31. The maximum atomic E-state index is 13.9. The number of nitriles is 1. The van der Waals surface area contributed by atoms with E-state index in [4.69, 9.17) is 5.26 Å². The third kappa shape index (κ3) is 3.20. The van der Waals surface area contributed by atoms with E-state index in [1.807, 2.05) is 6.07 Å². The zero-order valence-corrected chi connectivity index (χ0v) is 14.0. The lowest BCUT2D eigenvalue weighted by molar-refractivity contribution is 0.0951. The number of hydrogen-bond donors (Lipinski definition) is 0. The van der Waals surface area contributed by atoms with Gasteiger partial charge in [-0.15, -0.1) is 0 Å². The van der Waals surface area contributed by atoms with Gasteiger partial charge in [-0.05, 0) is 42.0 Å². The molecular formula is C21H20FN3. The van der Waals surface area contributed by atoms with Crippen LogP contribution in [0.3, 0.4) is 0 Å². The Morgan fingerprint density at radius 1 is 1.24 bits per heavy atom. The van der Waals surface area contributed by atoms with E-state index in [-0.39, 0.29) is 5.69 Å². The molecule has 2 aliphatic rings. The highest BCUT2D eigenvalue weighted by Gasteiger charge is 2.34. The number of aromatic nitrogens is 1. The first-order valence-electron chi connectivity index (χ1n) is 8.81. The van der Waals surface area contributed by atoms with Crippen LogP contribution in [0.15, 0.2) is 48.7 Å². The van der Waals surface area contributed by atoms with E-state index >= 15 is 0 Å². The quantitative estimate of drug-likeness (QED) is 0.840. The normalized spacial score (nSPS) is 23.0. The van der Waals surface area contributed by atoms with Crippen molar-refractivity contribution in [2.24, 2.45) is 0 Å². The van der Waals surface area contributed by atoms with Crippen molar-refractivity contribution in [1.82, 2.24) is 9.88 Å². The van der Waals surface area contributed by atoms with Gasteiger partial charge in [-0.25, -0.2) is 9.37 Å². The molecule has 2 aliphatic heterocycles. The third-order valence-electron chi connectivity index (χ3n) is 5.31. The van der Waals surface area contributed by atoms with E-state index in [9.17, 15) is 4.39 Å². The van der Waals surface area contributed by atoms with Gasteiger partial charge in [0.15, 0.2) is 11.5 Å². The minimum Gasteiger partial charge on any atom is -0.289 e. The largest absolute Gasteiger partial charge is 0.289 e. The molecule has 0 aliphatic carbocycles. The van der Waals surface area contributed by atoms with Gasteiger partial charge in [0.05, 0.1) is 0 Å². The van der Waals surface area contributed by atoms with Crippen LogP contribution in [-0.4, -0.2) is 22.0 Å². The first-order chi connectivity index (χ1) is 12.2. The van der Waals surface area contributed by atoms with E-state index in [0.717, 1.165) is 30.5 Å². The predicted octanol–water partition coefficient (Wildman–Crippen LogP) is 4.30. The van der Waals surface area contributed by atoms with Crippen molar-refractivity contribution >= 4 is 5.57 Å². The number of halogens is 1. The fourth-order valence-electron chi connectivity index (χ4n) is 4.07. The molecule has 1 fully saturated rings. The van der Waals surface area contributed by atoms with Crippen molar-refractivity contribution in [2.45, 2.75) is 44.3 Å². The Morgan fingerprint density at radius 3 is 2.80 bits per heavy atom. The van der Waals surface area contributed by atoms with E-state index in [1.54, 1.807) is 12.3 Å². The second-order valence-electron chi connectivity index (χ2n) is 6.87. The maximum Gasteiger partial charge on any atom is 0.176 e. The van der Waals surface area contributed by atoms with E-state index in [1.165, 1.54) is 24.5 Å².